The molecule has 3 aromatic rings. The Morgan fingerprint density at radius 2 is 1.82 bits per heavy atom. The zero-order chi connectivity index (χ0) is 28.1. The molecule has 10 heteroatoms. The number of likely N-dealkylation sites (N-methyl/N-ethyl adjacent to an activating group) is 2. The Bertz CT molecular complexity index is 1350. The number of carbonyl (C=O) groups excluding carboxylic acids is 1. The van der Waals surface area contributed by atoms with E-state index >= 15 is 0 Å². The average Bonchev–Trinajstić information content (AvgIpc) is 3.45. The molecule has 3 aromatic carbocycles. The lowest BCUT2D eigenvalue weighted by Crippen LogP contribution is -2.47. The number of fused-ring (bicyclic) bond motifs is 2. The van der Waals surface area contributed by atoms with Gasteiger partial charge in [-0.1, -0.05) is 23.9 Å². The van der Waals surface area contributed by atoms with Gasteiger partial charge in [-0.25, -0.2) is 0 Å². The molecule has 2 aliphatic heterocycles. The maximum atomic E-state index is 13.7. The van der Waals surface area contributed by atoms with Crippen molar-refractivity contribution in [2.75, 3.05) is 59.5 Å². The fraction of sp³-hybridized carbons (Fsp3) is 0.367. The molecule has 1 amide bonds. The molecule has 2 aliphatic rings. The van der Waals surface area contributed by atoms with Gasteiger partial charge in [-0.3, -0.25) is 4.79 Å². The molecule has 0 bridgehead atoms. The third-order valence-electron chi connectivity index (χ3n) is 6.98. The summed E-state index contributed by atoms with van der Waals surface area (Å²) < 4.78 is 23.6. The van der Waals surface area contributed by atoms with Crippen molar-refractivity contribution in [3.63, 3.8) is 0 Å². The number of hydrogen-bond donors (Lipinski definition) is 0. The molecule has 1 unspecified atom stereocenters. The van der Waals surface area contributed by atoms with Crippen LogP contribution in [0, 0.1) is 0 Å². The summed E-state index contributed by atoms with van der Waals surface area (Å²) in [7, 11) is 6.97. The number of thioether (sulfide) groups is 1. The summed E-state index contributed by atoms with van der Waals surface area (Å²) in [6, 6.07) is 19.0. The highest BCUT2D eigenvalue weighted by Crippen LogP contribution is 2.53. The molecule has 0 aromatic heterocycles. The summed E-state index contributed by atoms with van der Waals surface area (Å²) in [4.78, 5) is 27.3. The molecule has 2 heterocycles. The number of benzene rings is 3. The highest BCUT2D eigenvalue weighted by Gasteiger charge is 2.50. The van der Waals surface area contributed by atoms with Crippen LogP contribution in [-0.4, -0.2) is 65.4 Å². The molecule has 0 saturated carbocycles. The quantitative estimate of drug-likeness (QED) is 0.225. The van der Waals surface area contributed by atoms with E-state index in [4.69, 9.17) is 28.7 Å². The molecule has 0 aliphatic carbocycles. The van der Waals surface area contributed by atoms with Gasteiger partial charge in [0, 0.05) is 49.3 Å². The number of methoxy groups -OCH3 is 2. The van der Waals surface area contributed by atoms with Gasteiger partial charge in [-0.05, 0) is 55.9 Å². The Labute approximate surface area is 238 Å². The molecule has 212 valence electrons. The predicted molar refractivity (Wildman–Crippen MR) is 152 cm³/mol. The van der Waals surface area contributed by atoms with Gasteiger partial charge in [-0.15, -0.1) is 0 Å². The number of rotatable bonds is 12. The van der Waals surface area contributed by atoms with Crippen LogP contribution >= 0.6 is 11.8 Å². The first-order chi connectivity index (χ1) is 19.4. The number of anilines is 1. The van der Waals surface area contributed by atoms with Gasteiger partial charge in [0.15, 0.2) is 5.75 Å². The van der Waals surface area contributed by atoms with E-state index in [0.717, 1.165) is 41.4 Å². The van der Waals surface area contributed by atoms with Gasteiger partial charge in [0.2, 0.25) is 4.93 Å². The zero-order valence-electron chi connectivity index (χ0n) is 23.2. The first kappa shape index (κ1) is 28.1. The van der Waals surface area contributed by atoms with Crippen LogP contribution in [0.3, 0.4) is 0 Å². The third-order valence-corrected chi connectivity index (χ3v) is 8.39. The van der Waals surface area contributed by atoms with Gasteiger partial charge in [0.25, 0.3) is 5.91 Å². The monoisotopic (exact) mass is 566 g/mol. The van der Waals surface area contributed by atoms with Crippen molar-refractivity contribution in [3.05, 3.63) is 71.8 Å². The van der Waals surface area contributed by atoms with Crippen molar-refractivity contribution < 1.29 is 33.5 Å². The van der Waals surface area contributed by atoms with Crippen LogP contribution in [0.4, 0.5) is 5.69 Å². The highest BCUT2D eigenvalue weighted by atomic mass is 32.2. The molecule has 0 radical (unpaired) electrons. The van der Waals surface area contributed by atoms with Crippen LogP contribution in [0.5, 0.6) is 23.0 Å². The number of para-hydroxylation sites is 1. The fourth-order valence-electron chi connectivity index (χ4n) is 4.70. The maximum Gasteiger partial charge on any atom is 0.274 e. The molecule has 9 nitrogen and oxygen atoms in total. The standard InChI is InChI=1S/C30H34N2O7S/c1-31(15-17-36-23-11-10-21-20-38-39-27(21)19-23)14-7-16-37-26-13-12-22(34-3)18-24(26)30(35-4)29(33)32(2)25-8-5-6-9-28(25)40-30/h5-6,8-13,18-19H,7,14-17,20H2,1-4H3. The fourth-order valence-corrected chi connectivity index (χ4v) is 6.05. The highest BCUT2D eigenvalue weighted by molar-refractivity contribution is 8.01. The molecule has 0 fully saturated rings. The minimum absolute atomic E-state index is 0.181. The molecular formula is C30H34N2O7S. The predicted octanol–water partition coefficient (Wildman–Crippen LogP) is 4.87. The summed E-state index contributed by atoms with van der Waals surface area (Å²) in [6.45, 7) is 3.05. The van der Waals surface area contributed by atoms with Crippen LogP contribution < -0.4 is 24.0 Å². The first-order valence-corrected chi connectivity index (χ1v) is 13.9. The van der Waals surface area contributed by atoms with E-state index in [0.29, 0.717) is 42.6 Å². The van der Waals surface area contributed by atoms with Gasteiger partial charge < -0.3 is 33.6 Å². The summed E-state index contributed by atoms with van der Waals surface area (Å²) in [5.74, 6) is 2.49. The van der Waals surface area contributed by atoms with Crippen molar-refractivity contribution in [1.82, 2.24) is 4.90 Å². The Morgan fingerprint density at radius 3 is 2.65 bits per heavy atom. The second-order valence-electron chi connectivity index (χ2n) is 9.59. The lowest BCUT2D eigenvalue weighted by molar-refractivity contribution is -0.194. The normalized spacial score (nSPS) is 17.8. The van der Waals surface area contributed by atoms with Crippen molar-refractivity contribution in [3.8, 4) is 23.0 Å². The van der Waals surface area contributed by atoms with Gasteiger partial charge in [0.05, 0.1) is 19.4 Å². The Kier molecular flexibility index (Phi) is 8.70. The number of hydrogen-bond acceptors (Lipinski definition) is 9. The summed E-state index contributed by atoms with van der Waals surface area (Å²) in [5.41, 5.74) is 2.49. The van der Waals surface area contributed by atoms with E-state index in [1.54, 1.807) is 26.2 Å². The molecule has 40 heavy (non-hydrogen) atoms. The first-order valence-electron chi connectivity index (χ1n) is 13.1. The van der Waals surface area contributed by atoms with Crippen molar-refractivity contribution >= 4 is 23.4 Å². The average molecular weight is 567 g/mol. The molecular weight excluding hydrogens is 532 g/mol. The van der Waals surface area contributed by atoms with Gasteiger partial charge >= 0.3 is 0 Å². The minimum Gasteiger partial charge on any atom is -0.497 e. The molecule has 0 saturated heterocycles. The second-order valence-corrected chi connectivity index (χ2v) is 10.8. The van der Waals surface area contributed by atoms with E-state index in [1.165, 1.54) is 11.8 Å². The van der Waals surface area contributed by atoms with Crippen molar-refractivity contribution in [1.29, 1.82) is 0 Å². The maximum absolute atomic E-state index is 13.7. The van der Waals surface area contributed by atoms with Crippen molar-refractivity contribution in [2.45, 2.75) is 22.9 Å². The topological polar surface area (TPSA) is 78.9 Å². The summed E-state index contributed by atoms with van der Waals surface area (Å²) >= 11 is 1.37. The number of ether oxygens (including phenoxy) is 4. The lowest BCUT2D eigenvalue weighted by Gasteiger charge is -2.40. The number of amides is 1. The molecule has 0 N–H and O–H groups in total. The SMILES string of the molecule is COc1ccc(OCCCN(C)CCOc2ccc3c(c2)OOC3)c(C2(OC)Sc3ccccc3N(C)C2=O)c1. The van der Waals surface area contributed by atoms with E-state index in [9.17, 15) is 4.79 Å². The van der Waals surface area contributed by atoms with Crippen molar-refractivity contribution in [2.24, 2.45) is 0 Å². The smallest absolute Gasteiger partial charge is 0.274 e. The largest absolute Gasteiger partial charge is 0.497 e. The van der Waals surface area contributed by atoms with Gasteiger partial charge in [-0.2, -0.15) is 4.89 Å². The molecule has 1 atom stereocenters. The van der Waals surface area contributed by atoms with E-state index in [-0.39, 0.29) is 5.91 Å². The minimum atomic E-state index is -1.31. The zero-order valence-corrected chi connectivity index (χ0v) is 24.0. The third kappa shape index (κ3) is 5.71. The van der Waals surface area contributed by atoms with E-state index in [2.05, 4.69) is 4.90 Å². The molecule has 0 spiro atoms. The van der Waals surface area contributed by atoms with Crippen LogP contribution in [0.25, 0.3) is 0 Å². The Hall–Kier alpha value is -3.44. The number of carbonyl (C=O) groups is 1. The van der Waals surface area contributed by atoms with Crippen LogP contribution in [-0.2, 0) is 26.0 Å². The number of nitrogens with zero attached hydrogens (tertiary/aromatic N) is 2. The van der Waals surface area contributed by atoms with Gasteiger partial charge in [0.1, 0.15) is 30.5 Å². The van der Waals surface area contributed by atoms with Crippen LogP contribution in [0.1, 0.15) is 17.5 Å². The summed E-state index contributed by atoms with van der Waals surface area (Å²) in [5, 5.41) is 0. The Balaban J connectivity index is 1.20. The van der Waals surface area contributed by atoms with Crippen LogP contribution in [0.15, 0.2) is 65.6 Å². The van der Waals surface area contributed by atoms with E-state index in [1.807, 2.05) is 67.7 Å². The second kappa shape index (κ2) is 12.4. The summed E-state index contributed by atoms with van der Waals surface area (Å²) in [6.07, 6.45) is 0.788. The Morgan fingerprint density at radius 1 is 1.00 bits per heavy atom. The lowest BCUT2D eigenvalue weighted by atomic mass is 10.0. The van der Waals surface area contributed by atoms with Crippen LogP contribution in [0.2, 0.25) is 0 Å². The molecule has 5 rings (SSSR count). The van der Waals surface area contributed by atoms with E-state index < -0.39 is 4.93 Å².